The molecule has 0 N–H and O–H groups in total. The maximum absolute atomic E-state index is 13.2. The number of aromatic nitrogens is 2. The van der Waals surface area contributed by atoms with Crippen molar-refractivity contribution in [1.82, 2.24) is 19.8 Å². The highest BCUT2D eigenvalue weighted by atomic mass is 19.4. The average molecular weight is 435 g/mol. The van der Waals surface area contributed by atoms with Crippen molar-refractivity contribution in [3.63, 3.8) is 0 Å². The number of amides is 2. The van der Waals surface area contributed by atoms with Crippen LogP contribution < -0.4 is 4.90 Å². The molecule has 2 aromatic rings. The Labute approximate surface area is 180 Å². The molecule has 1 aliphatic rings. The summed E-state index contributed by atoms with van der Waals surface area (Å²) >= 11 is 0. The first-order valence-electron chi connectivity index (χ1n) is 10.3. The minimum absolute atomic E-state index is 0.0306. The van der Waals surface area contributed by atoms with E-state index < -0.39 is 11.7 Å². The number of hydrogen-bond donors (Lipinski definition) is 0. The molecule has 1 fully saturated rings. The van der Waals surface area contributed by atoms with Crippen LogP contribution in [-0.4, -0.2) is 66.1 Å². The molecule has 1 aliphatic heterocycles. The van der Waals surface area contributed by atoms with E-state index in [2.05, 4.69) is 14.9 Å². The molecule has 2 heterocycles. The first kappa shape index (κ1) is 22.8. The minimum atomic E-state index is -4.38. The van der Waals surface area contributed by atoms with E-state index in [0.29, 0.717) is 50.4 Å². The molecule has 3 rings (SSSR count). The van der Waals surface area contributed by atoms with E-state index in [0.717, 1.165) is 23.1 Å². The van der Waals surface area contributed by atoms with Crippen LogP contribution in [0.1, 0.15) is 35.1 Å². The molecule has 0 unspecified atom stereocenters. The molecule has 1 aromatic heterocycles. The third-order valence-electron chi connectivity index (χ3n) is 5.39. The number of piperazine rings is 1. The van der Waals surface area contributed by atoms with Gasteiger partial charge in [-0.05, 0) is 25.0 Å². The highest BCUT2D eigenvalue weighted by Crippen LogP contribution is 2.31. The number of rotatable bonds is 4. The zero-order valence-electron chi connectivity index (χ0n) is 18.3. The van der Waals surface area contributed by atoms with Crippen LogP contribution in [0.15, 0.2) is 24.3 Å². The molecule has 6 nitrogen and oxygen atoms in total. The number of halogens is 3. The standard InChI is InChI=1S/C22H28F3N5O/c1-5-19-18(14-16-7-6-8-17(13-16)22(23,24)25)20(27-15(2)26-19)29-9-11-30(12-10-29)21(31)28(3)4/h6-8,13H,5,9-12,14H2,1-4H3. The topological polar surface area (TPSA) is 52.6 Å². The number of aryl methyl sites for hydroxylation is 2. The first-order chi connectivity index (χ1) is 14.6. The summed E-state index contributed by atoms with van der Waals surface area (Å²) in [5.74, 6) is 1.38. The summed E-state index contributed by atoms with van der Waals surface area (Å²) in [5.41, 5.74) is 1.60. The molecule has 0 atom stereocenters. The molecule has 1 aromatic carbocycles. The van der Waals surface area contributed by atoms with Gasteiger partial charge in [-0.15, -0.1) is 0 Å². The molecule has 0 bridgehead atoms. The zero-order chi connectivity index (χ0) is 22.8. The summed E-state index contributed by atoms with van der Waals surface area (Å²) in [5, 5.41) is 0. The van der Waals surface area contributed by atoms with Gasteiger partial charge in [-0.1, -0.05) is 25.1 Å². The third-order valence-corrected chi connectivity index (χ3v) is 5.39. The molecule has 0 radical (unpaired) electrons. The number of carbonyl (C=O) groups excluding carboxylic acids is 1. The first-order valence-corrected chi connectivity index (χ1v) is 10.3. The van der Waals surface area contributed by atoms with E-state index in [1.54, 1.807) is 30.0 Å². The van der Waals surface area contributed by atoms with Gasteiger partial charge in [0.05, 0.1) is 5.56 Å². The fourth-order valence-corrected chi connectivity index (χ4v) is 3.83. The average Bonchev–Trinajstić information content (AvgIpc) is 2.73. The predicted molar refractivity (Wildman–Crippen MR) is 113 cm³/mol. The smallest absolute Gasteiger partial charge is 0.353 e. The third kappa shape index (κ3) is 5.26. The van der Waals surface area contributed by atoms with Gasteiger partial charge in [0.15, 0.2) is 0 Å². The number of hydrogen-bond acceptors (Lipinski definition) is 4. The Kier molecular flexibility index (Phi) is 6.71. The van der Waals surface area contributed by atoms with Crippen LogP contribution in [-0.2, 0) is 19.0 Å². The number of alkyl halides is 3. The van der Waals surface area contributed by atoms with E-state index >= 15 is 0 Å². The normalized spacial score (nSPS) is 14.7. The van der Waals surface area contributed by atoms with Gasteiger partial charge in [0.25, 0.3) is 0 Å². The minimum Gasteiger partial charge on any atom is -0.353 e. The summed E-state index contributed by atoms with van der Waals surface area (Å²) in [6.07, 6.45) is -3.41. The summed E-state index contributed by atoms with van der Waals surface area (Å²) in [7, 11) is 3.45. The van der Waals surface area contributed by atoms with Crippen LogP contribution in [0.25, 0.3) is 0 Å². The summed E-state index contributed by atoms with van der Waals surface area (Å²) in [6.45, 7) is 6.13. The van der Waals surface area contributed by atoms with Crippen molar-refractivity contribution in [2.75, 3.05) is 45.2 Å². The Bertz CT molecular complexity index is 937. The number of nitrogens with zero attached hydrogens (tertiary/aromatic N) is 5. The maximum atomic E-state index is 13.2. The van der Waals surface area contributed by atoms with Crippen molar-refractivity contribution >= 4 is 11.8 Å². The molecule has 168 valence electrons. The van der Waals surface area contributed by atoms with Gasteiger partial charge in [-0.25, -0.2) is 14.8 Å². The monoisotopic (exact) mass is 435 g/mol. The van der Waals surface area contributed by atoms with Gasteiger partial charge >= 0.3 is 12.2 Å². The quantitative estimate of drug-likeness (QED) is 0.734. The second-order valence-corrected chi connectivity index (χ2v) is 7.90. The Hall–Kier alpha value is -2.84. The van der Waals surface area contributed by atoms with E-state index in [-0.39, 0.29) is 6.03 Å². The number of urea groups is 1. The lowest BCUT2D eigenvalue weighted by Crippen LogP contribution is -2.52. The predicted octanol–water partition coefficient (Wildman–Crippen LogP) is 3.76. The highest BCUT2D eigenvalue weighted by molar-refractivity contribution is 5.74. The van der Waals surface area contributed by atoms with Gasteiger partial charge in [0.1, 0.15) is 11.6 Å². The Balaban J connectivity index is 1.91. The SMILES string of the molecule is CCc1nc(C)nc(N2CCN(C(=O)N(C)C)CC2)c1Cc1cccc(C(F)(F)F)c1. The lowest BCUT2D eigenvalue weighted by atomic mass is 10.00. The molecule has 31 heavy (non-hydrogen) atoms. The summed E-state index contributed by atoms with van der Waals surface area (Å²) < 4.78 is 39.5. The van der Waals surface area contributed by atoms with E-state index in [9.17, 15) is 18.0 Å². The molecular weight excluding hydrogens is 407 g/mol. The molecule has 9 heteroatoms. The van der Waals surface area contributed by atoms with Crippen molar-refractivity contribution in [1.29, 1.82) is 0 Å². The van der Waals surface area contributed by atoms with Gasteiger partial charge in [-0.2, -0.15) is 13.2 Å². The van der Waals surface area contributed by atoms with Crippen molar-refractivity contribution in [2.24, 2.45) is 0 Å². The lowest BCUT2D eigenvalue weighted by Gasteiger charge is -2.37. The molecule has 0 saturated carbocycles. The lowest BCUT2D eigenvalue weighted by molar-refractivity contribution is -0.137. The molecule has 1 saturated heterocycles. The van der Waals surface area contributed by atoms with Gasteiger partial charge in [-0.3, -0.25) is 0 Å². The van der Waals surface area contributed by atoms with Gasteiger partial charge in [0, 0.05) is 58.0 Å². The zero-order valence-corrected chi connectivity index (χ0v) is 18.3. The highest BCUT2D eigenvalue weighted by Gasteiger charge is 2.31. The van der Waals surface area contributed by atoms with Gasteiger partial charge in [0.2, 0.25) is 0 Å². The van der Waals surface area contributed by atoms with Crippen LogP contribution >= 0.6 is 0 Å². The summed E-state index contributed by atoms with van der Waals surface area (Å²) in [4.78, 5) is 26.9. The van der Waals surface area contributed by atoms with Crippen molar-refractivity contribution in [2.45, 2.75) is 32.9 Å². The van der Waals surface area contributed by atoms with Crippen molar-refractivity contribution in [3.05, 3.63) is 52.5 Å². The fraction of sp³-hybridized carbons (Fsp3) is 0.500. The largest absolute Gasteiger partial charge is 0.416 e. The fourth-order valence-electron chi connectivity index (χ4n) is 3.83. The van der Waals surface area contributed by atoms with Crippen LogP contribution in [0.4, 0.5) is 23.8 Å². The number of anilines is 1. The maximum Gasteiger partial charge on any atom is 0.416 e. The summed E-state index contributed by atoms with van der Waals surface area (Å²) in [6, 6.07) is 5.38. The second-order valence-electron chi connectivity index (χ2n) is 7.90. The van der Waals surface area contributed by atoms with Crippen LogP contribution in [0.3, 0.4) is 0 Å². The molecule has 2 amide bonds. The molecular formula is C22H28F3N5O. The second kappa shape index (κ2) is 9.11. The van der Waals surface area contributed by atoms with Crippen LogP contribution in [0.5, 0.6) is 0 Å². The van der Waals surface area contributed by atoms with Crippen LogP contribution in [0.2, 0.25) is 0 Å². The van der Waals surface area contributed by atoms with E-state index in [4.69, 9.17) is 0 Å². The Morgan fingerprint density at radius 3 is 2.39 bits per heavy atom. The van der Waals surface area contributed by atoms with E-state index in [1.165, 1.54) is 12.1 Å². The van der Waals surface area contributed by atoms with Crippen LogP contribution in [0, 0.1) is 6.92 Å². The number of carbonyl (C=O) groups is 1. The Morgan fingerprint density at radius 2 is 1.81 bits per heavy atom. The number of benzene rings is 1. The molecule has 0 aliphatic carbocycles. The van der Waals surface area contributed by atoms with Gasteiger partial charge < -0.3 is 14.7 Å². The Morgan fingerprint density at radius 1 is 1.13 bits per heavy atom. The van der Waals surface area contributed by atoms with Crippen molar-refractivity contribution in [3.8, 4) is 0 Å². The van der Waals surface area contributed by atoms with Crippen molar-refractivity contribution < 1.29 is 18.0 Å². The molecule has 0 spiro atoms. The van der Waals surface area contributed by atoms with E-state index in [1.807, 2.05) is 13.8 Å².